The van der Waals surface area contributed by atoms with Gasteiger partial charge >= 0.3 is 0 Å². The van der Waals surface area contributed by atoms with Crippen LogP contribution in [0.1, 0.15) is 59.3 Å². The van der Waals surface area contributed by atoms with Crippen molar-refractivity contribution in [3.63, 3.8) is 0 Å². The Morgan fingerprint density at radius 1 is 0.818 bits per heavy atom. The maximum atomic E-state index is 10.3. The fourth-order valence-electron chi connectivity index (χ4n) is 2.39. The summed E-state index contributed by atoms with van der Waals surface area (Å²) >= 11 is 1.54. The molecule has 1 aliphatic heterocycles. The number of thioether (sulfide) groups is 1. The highest BCUT2D eigenvalue weighted by Gasteiger charge is 2.45. The van der Waals surface area contributed by atoms with Crippen molar-refractivity contribution in [1.29, 1.82) is 0 Å². The first-order valence-corrected chi connectivity index (χ1v) is 9.83. The molecule has 0 aromatic carbocycles. The molecule has 0 aromatic heterocycles. The van der Waals surface area contributed by atoms with E-state index in [0.29, 0.717) is 13.2 Å². The molecule has 0 aromatic rings. The summed E-state index contributed by atoms with van der Waals surface area (Å²) in [6.07, 6.45) is 6.20. The summed E-state index contributed by atoms with van der Waals surface area (Å²) in [5, 5.41) is 10.5. The van der Waals surface area contributed by atoms with Crippen molar-refractivity contribution < 1.29 is 19.3 Å². The Kier molecular flexibility index (Phi) is 11.6. The van der Waals surface area contributed by atoms with Crippen LogP contribution in [0.4, 0.5) is 0 Å². The molecule has 1 rings (SSSR count). The number of aliphatic hydroxyl groups is 1. The number of unbranched alkanes of at least 4 members (excludes halogenated alkanes) is 3. The number of ether oxygens (including phenoxy) is 3. The lowest BCUT2D eigenvalue weighted by molar-refractivity contribution is -0.0969. The van der Waals surface area contributed by atoms with Gasteiger partial charge in [0.2, 0.25) is 0 Å². The second-order valence-corrected chi connectivity index (χ2v) is 7.23. The summed E-state index contributed by atoms with van der Waals surface area (Å²) < 4.78 is 17.7. The third kappa shape index (κ3) is 7.18. The van der Waals surface area contributed by atoms with E-state index in [4.69, 9.17) is 14.2 Å². The molecule has 5 heteroatoms. The Balaban J connectivity index is 2.48. The third-order valence-corrected chi connectivity index (χ3v) is 5.13. The smallest absolute Gasteiger partial charge is 0.128 e. The van der Waals surface area contributed by atoms with E-state index < -0.39 is 5.44 Å². The summed E-state index contributed by atoms with van der Waals surface area (Å²) in [5.41, 5.74) is -0.511. The lowest BCUT2D eigenvalue weighted by Gasteiger charge is -2.25. The summed E-state index contributed by atoms with van der Waals surface area (Å²) in [6, 6.07) is 0. The van der Waals surface area contributed by atoms with Gasteiger partial charge in [-0.25, -0.2) is 0 Å². The standard InChI is InChI=1S/C17H34O4S/c1-4-7-10-19-13-14-15(20-11-8-5-2)16(17(18)22-14)21-12-9-6-3/h14-18H,4-13H2,1-3H3/t14-,15+,16-,17?/m0/s1. The molecule has 132 valence electrons. The van der Waals surface area contributed by atoms with Gasteiger partial charge in [-0.2, -0.15) is 0 Å². The normalized spacial score (nSPS) is 28.4. The highest BCUT2D eigenvalue weighted by molar-refractivity contribution is 8.00. The predicted octanol–water partition coefficient (Wildman–Crippen LogP) is 3.61. The number of rotatable bonds is 13. The molecule has 0 saturated carbocycles. The van der Waals surface area contributed by atoms with E-state index in [9.17, 15) is 5.11 Å². The monoisotopic (exact) mass is 334 g/mol. The van der Waals surface area contributed by atoms with Gasteiger partial charge in [0.25, 0.3) is 0 Å². The van der Waals surface area contributed by atoms with Crippen LogP contribution in [-0.2, 0) is 14.2 Å². The topological polar surface area (TPSA) is 47.9 Å². The van der Waals surface area contributed by atoms with Crippen LogP contribution < -0.4 is 0 Å². The van der Waals surface area contributed by atoms with E-state index in [2.05, 4.69) is 20.8 Å². The molecule has 0 radical (unpaired) electrons. The Labute approximate surface area is 140 Å². The highest BCUT2D eigenvalue weighted by Crippen LogP contribution is 2.37. The molecule has 1 fully saturated rings. The molecule has 22 heavy (non-hydrogen) atoms. The van der Waals surface area contributed by atoms with Crippen LogP contribution in [0.5, 0.6) is 0 Å². The molecule has 1 aliphatic rings. The van der Waals surface area contributed by atoms with Crippen molar-refractivity contribution in [1.82, 2.24) is 0 Å². The van der Waals surface area contributed by atoms with Gasteiger partial charge in [0, 0.05) is 19.8 Å². The molecule has 1 heterocycles. The van der Waals surface area contributed by atoms with Crippen LogP contribution >= 0.6 is 11.8 Å². The fraction of sp³-hybridized carbons (Fsp3) is 1.00. The largest absolute Gasteiger partial charge is 0.380 e. The molecule has 4 nitrogen and oxygen atoms in total. The van der Waals surface area contributed by atoms with E-state index in [1.807, 2.05) is 0 Å². The first kappa shape index (κ1) is 20.2. The van der Waals surface area contributed by atoms with Crippen LogP contribution in [0.15, 0.2) is 0 Å². The summed E-state index contributed by atoms with van der Waals surface area (Å²) in [4.78, 5) is 0. The number of hydrogen-bond donors (Lipinski definition) is 1. The van der Waals surface area contributed by atoms with Crippen molar-refractivity contribution >= 4 is 11.8 Å². The van der Waals surface area contributed by atoms with Gasteiger partial charge in [-0.15, -0.1) is 11.8 Å². The average Bonchev–Trinajstić information content (AvgIpc) is 2.80. The van der Waals surface area contributed by atoms with Gasteiger partial charge in [0.05, 0.1) is 11.9 Å². The molecule has 1 N–H and O–H groups in total. The van der Waals surface area contributed by atoms with Crippen molar-refractivity contribution in [2.75, 3.05) is 26.4 Å². The van der Waals surface area contributed by atoms with E-state index in [-0.39, 0.29) is 17.5 Å². The molecule has 0 bridgehead atoms. The van der Waals surface area contributed by atoms with E-state index in [1.165, 1.54) is 11.8 Å². The van der Waals surface area contributed by atoms with Crippen molar-refractivity contribution in [3.05, 3.63) is 0 Å². The minimum absolute atomic E-state index is 0.0648. The lowest BCUT2D eigenvalue weighted by Crippen LogP contribution is -2.39. The van der Waals surface area contributed by atoms with E-state index in [0.717, 1.165) is 51.7 Å². The summed E-state index contributed by atoms with van der Waals surface area (Å²) in [5.74, 6) is 0. The quantitative estimate of drug-likeness (QED) is 0.521. The third-order valence-electron chi connectivity index (χ3n) is 3.83. The van der Waals surface area contributed by atoms with E-state index >= 15 is 0 Å². The molecular formula is C17H34O4S. The summed E-state index contributed by atoms with van der Waals surface area (Å²) in [6.45, 7) is 9.29. The van der Waals surface area contributed by atoms with Crippen LogP contribution in [0.3, 0.4) is 0 Å². The predicted molar refractivity (Wildman–Crippen MR) is 92.4 cm³/mol. The Hall–Kier alpha value is 0.190. The van der Waals surface area contributed by atoms with Crippen LogP contribution in [0, 0.1) is 0 Å². The molecule has 1 unspecified atom stereocenters. The zero-order chi connectivity index (χ0) is 16.2. The van der Waals surface area contributed by atoms with E-state index in [1.54, 1.807) is 0 Å². The van der Waals surface area contributed by atoms with Gasteiger partial charge in [-0.05, 0) is 19.3 Å². The highest BCUT2D eigenvalue weighted by atomic mass is 32.2. The van der Waals surface area contributed by atoms with Gasteiger partial charge in [0.1, 0.15) is 17.6 Å². The first-order chi connectivity index (χ1) is 10.7. The van der Waals surface area contributed by atoms with Crippen molar-refractivity contribution in [2.45, 2.75) is 82.2 Å². The second kappa shape index (κ2) is 12.6. The fourth-order valence-corrected chi connectivity index (χ4v) is 3.70. The molecule has 1 saturated heterocycles. The molecule has 0 spiro atoms. The van der Waals surface area contributed by atoms with Crippen molar-refractivity contribution in [3.8, 4) is 0 Å². The SMILES string of the molecule is CCCCOC[C@@H]1SC(O)[C@@H](OCCCC)[C@@H]1OCCCC. The Morgan fingerprint density at radius 3 is 1.95 bits per heavy atom. The van der Waals surface area contributed by atoms with Gasteiger partial charge in [0.15, 0.2) is 0 Å². The zero-order valence-electron chi connectivity index (χ0n) is 14.5. The van der Waals surface area contributed by atoms with Gasteiger partial charge in [-0.3, -0.25) is 0 Å². The lowest BCUT2D eigenvalue weighted by atomic mass is 10.1. The maximum absolute atomic E-state index is 10.3. The number of aliphatic hydroxyl groups excluding tert-OH is 1. The molecule has 0 amide bonds. The minimum atomic E-state index is -0.511. The second-order valence-electron chi connectivity index (χ2n) is 5.87. The molecular weight excluding hydrogens is 300 g/mol. The molecule has 0 aliphatic carbocycles. The first-order valence-electron chi connectivity index (χ1n) is 8.89. The average molecular weight is 335 g/mol. The Bertz CT molecular complexity index is 265. The van der Waals surface area contributed by atoms with Gasteiger partial charge < -0.3 is 19.3 Å². The van der Waals surface area contributed by atoms with Crippen molar-refractivity contribution in [2.24, 2.45) is 0 Å². The van der Waals surface area contributed by atoms with Crippen LogP contribution in [0.25, 0.3) is 0 Å². The van der Waals surface area contributed by atoms with Gasteiger partial charge in [-0.1, -0.05) is 40.0 Å². The number of hydrogen-bond acceptors (Lipinski definition) is 5. The van der Waals surface area contributed by atoms with Crippen LogP contribution in [-0.4, -0.2) is 54.4 Å². The summed E-state index contributed by atoms with van der Waals surface area (Å²) in [7, 11) is 0. The Morgan fingerprint density at radius 2 is 1.36 bits per heavy atom. The maximum Gasteiger partial charge on any atom is 0.128 e. The minimum Gasteiger partial charge on any atom is -0.380 e. The zero-order valence-corrected chi connectivity index (χ0v) is 15.3. The van der Waals surface area contributed by atoms with Crippen LogP contribution in [0.2, 0.25) is 0 Å². The molecule has 4 atom stereocenters.